The number of carbonyl (C=O) groups is 2. The Kier molecular flexibility index (Phi) is 6.54. The van der Waals surface area contributed by atoms with Crippen LogP contribution < -0.4 is 10.0 Å². The molecule has 1 aromatic heterocycles. The van der Waals surface area contributed by atoms with Crippen molar-refractivity contribution >= 4 is 33.4 Å². The Morgan fingerprint density at radius 2 is 1.91 bits per heavy atom. The normalized spacial score (nSPS) is 12.0. The van der Waals surface area contributed by atoms with Gasteiger partial charge in [0.15, 0.2) is 0 Å². The van der Waals surface area contributed by atoms with Crippen molar-refractivity contribution in [3.63, 3.8) is 0 Å². The first kappa shape index (κ1) is 19.4. The van der Waals surface area contributed by atoms with Gasteiger partial charge in [-0.15, -0.1) is 11.3 Å². The number of hydrogen-bond donors (Lipinski definition) is 3. The van der Waals surface area contributed by atoms with E-state index in [0.29, 0.717) is 17.8 Å². The first-order valence-corrected chi connectivity index (χ1v) is 9.11. The second-order valence-corrected chi connectivity index (χ2v) is 8.68. The quantitative estimate of drug-likeness (QED) is 0.632. The van der Waals surface area contributed by atoms with E-state index in [-0.39, 0.29) is 22.2 Å². The van der Waals surface area contributed by atoms with Crippen molar-refractivity contribution in [1.82, 2.24) is 10.0 Å². The van der Waals surface area contributed by atoms with E-state index in [1.807, 2.05) is 0 Å². The van der Waals surface area contributed by atoms with E-state index in [2.05, 4.69) is 10.0 Å². The maximum Gasteiger partial charge on any atom is 0.407 e. The van der Waals surface area contributed by atoms with Gasteiger partial charge in [-0.25, -0.2) is 22.7 Å². The molecule has 1 rings (SSSR count). The predicted molar refractivity (Wildman–Crippen MR) is 85.3 cm³/mol. The monoisotopic (exact) mass is 364 g/mol. The van der Waals surface area contributed by atoms with Crippen molar-refractivity contribution in [2.45, 2.75) is 37.0 Å². The summed E-state index contributed by atoms with van der Waals surface area (Å²) in [4.78, 5) is 22.1. The predicted octanol–water partition coefficient (Wildman–Crippen LogP) is 1.64. The molecule has 10 heteroatoms. The van der Waals surface area contributed by atoms with Crippen LogP contribution in [0.2, 0.25) is 0 Å². The molecule has 0 saturated heterocycles. The number of nitrogens with one attached hydrogen (secondary N) is 2. The Morgan fingerprint density at radius 1 is 1.26 bits per heavy atom. The molecule has 23 heavy (non-hydrogen) atoms. The lowest BCUT2D eigenvalue weighted by Crippen LogP contribution is -2.34. The number of carboxylic acids is 1. The van der Waals surface area contributed by atoms with Crippen LogP contribution in [0.15, 0.2) is 16.3 Å². The molecule has 0 unspecified atom stereocenters. The Hall–Kier alpha value is -1.65. The van der Waals surface area contributed by atoms with Crippen LogP contribution >= 0.6 is 11.3 Å². The highest BCUT2D eigenvalue weighted by atomic mass is 32.2. The molecule has 0 aliphatic carbocycles. The van der Waals surface area contributed by atoms with E-state index in [1.165, 1.54) is 12.1 Å². The van der Waals surface area contributed by atoms with Crippen molar-refractivity contribution in [3.05, 3.63) is 17.0 Å². The number of aromatic carboxylic acids is 1. The molecule has 0 fully saturated rings. The molecule has 0 aliphatic rings. The summed E-state index contributed by atoms with van der Waals surface area (Å²) < 4.78 is 31.2. The van der Waals surface area contributed by atoms with E-state index in [1.54, 1.807) is 20.8 Å². The largest absolute Gasteiger partial charge is 0.477 e. The van der Waals surface area contributed by atoms with Gasteiger partial charge in [-0.3, -0.25) is 0 Å². The maximum atomic E-state index is 11.9. The van der Waals surface area contributed by atoms with Crippen molar-refractivity contribution in [2.24, 2.45) is 0 Å². The molecule has 130 valence electrons. The Bertz CT molecular complexity index is 660. The molecule has 8 nitrogen and oxygen atoms in total. The molecule has 1 aromatic rings. The van der Waals surface area contributed by atoms with Gasteiger partial charge in [0, 0.05) is 13.1 Å². The van der Waals surface area contributed by atoms with E-state index >= 15 is 0 Å². The zero-order chi connectivity index (χ0) is 17.7. The fourth-order valence-electron chi connectivity index (χ4n) is 1.45. The molecule has 0 radical (unpaired) electrons. The Morgan fingerprint density at radius 3 is 2.43 bits per heavy atom. The van der Waals surface area contributed by atoms with Crippen LogP contribution in [0.5, 0.6) is 0 Å². The number of amides is 1. The number of ether oxygens (including phenoxy) is 1. The molecule has 0 bridgehead atoms. The topological polar surface area (TPSA) is 122 Å². The number of hydrogen-bond acceptors (Lipinski definition) is 6. The van der Waals surface area contributed by atoms with Crippen molar-refractivity contribution in [1.29, 1.82) is 0 Å². The minimum Gasteiger partial charge on any atom is -0.477 e. The van der Waals surface area contributed by atoms with Crippen molar-refractivity contribution < 1.29 is 27.9 Å². The van der Waals surface area contributed by atoms with Gasteiger partial charge in [0.2, 0.25) is 10.0 Å². The van der Waals surface area contributed by atoms with Crippen molar-refractivity contribution in [3.8, 4) is 0 Å². The van der Waals surface area contributed by atoms with E-state index in [9.17, 15) is 18.0 Å². The molecular weight excluding hydrogens is 344 g/mol. The molecule has 0 aromatic carbocycles. The molecule has 0 aliphatic heterocycles. The summed E-state index contributed by atoms with van der Waals surface area (Å²) in [5.74, 6) is -1.17. The highest BCUT2D eigenvalue weighted by Gasteiger charge is 2.19. The summed E-state index contributed by atoms with van der Waals surface area (Å²) in [5, 5.41) is 11.3. The smallest absolute Gasteiger partial charge is 0.407 e. The summed E-state index contributed by atoms with van der Waals surface area (Å²) in [6.45, 7) is 5.59. The minimum atomic E-state index is -3.74. The zero-order valence-corrected chi connectivity index (χ0v) is 14.7. The molecule has 0 saturated carbocycles. The third-order valence-corrected chi connectivity index (χ3v) is 5.40. The summed E-state index contributed by atoms with van der Waals surface area (Å²) >= 11 is 0.683. The zero-order valence-electron chi connectivity index (χ0n) is 13.1. The summed E-state index contributed by atoms with van der Waals surface area (Å²) in [5.41, 5.74) is -0.591. The average molecular weight is 364 g/mol. The lowest BCUT2D eigenvalue weighted by Gasteiger charge is -2.19. The number of alkyl carbamates (subject to hydrolysis) is 1. The van der Waals surface area contributed by atoms with Crippen LogP contribution in [0, 0.1) is 0 Å². The molecular formula is C13H20N2O6S2. The second-order valence-electron chi connectivity index (χ2n) is 5.60. The van der Waals surface area contributed by atoms with Gasteiger partial charge < -0.3 is 15.2 Å². The molecule has 1 heterocycles. The number of carbonyl (C=O) groups excluding carboxylic acids is 1. The average Bonchev–Trinajstić information content (AvgIpc) is 2.86. The highest BCUT2D eigenvalue weighted by Crippen LogP contribution is 2.21. The van der Waals surface area contributed by atoms with Crippen molar-refractivity contribution in [2.75, 3.05) is 13.1 Å². The summed E-state index contributed by atoms with van der Waals surface area (Å²) in [6, 6.07) is 2.49. The first-order valence-electron chi connectivity index (χ1n) is 6.81. The first-order chi connectivity index (χ1) is 10.5. The van der Waals surface area contributed by atoms with E-state index < -0.39 is 27.7 Å². The Labute approximate surface area is 138 Å². The van der Waals surface area contributed by atoms with Crippen LogP contribution in [0.1, 0.15) is 36.9 Å². The van der Waals surface area contributed by atoms with Crippen LogP contribution in [-0.2, 0) is 14.8 Å². The standard InChI is InChI=1S/C13H20N2O6S2/c1-13(2,3)21-12(18)14-7-4-8-15-23(19,20)10-6-5-9(22-10)11(16)17/h5-6,15H,4,7-8H2,1-3H3,(H,14,18)(H,16,17). The molecule has 0 atom stereocenters. The van der Waals surface area contributed by atoms with Gasteiger partial charge in [0.25, 0.3) is 0 Å². The molecule has 0 spiro atoms. The molecule has 3 N–H and O–H groups in total. The highest BCUT2D eigenvalue weighted by molar-refractivity contribution is 7.91. The van der Waals surface area contributed by atoms with Crippen LogP contribution in [0.3, 0.4) is 0 Å². The Balaban J connectivity index is 2.37. The number of rotatable bonds is 7. The maximum absolute atomic E-state index is 11.9. The van der Waals surface area contributed by atoms with Gasteiger partial charge in [-0.1, -0.05) is 0 Å². The van der Waals surface area contributed by atoms with Crippen LogP contribution in [-0.4, -0.2) is 44.3 Å². The fraction of sp³-hybridized carbons (Fsp3) is 0.538. The summed E-state index contributed by atoms with van der Waals surface area (Å²) in [7, 11) is -3.74. The van der Waals surface area contributed by atoms with E-state index in [4.69, 9.17) is 9.84 Å². The SMILES string of the molecule is CC(C)(C)OC(=O)NCCCNS(=O)(=O)c1ccc(C(=O)O)s1. The van der Waals surface area contributed by atoms with Gasteiger partial charge in [-0.2, -0.15) is 0 Å². The fourth-order valence-corrected chi connectivity index (χ4v) is 3.71. The van der Waals surface area contributed by atoms with Crippen LogP contribution in [0.25, 0.3) is 0 Å². The lowest BCUT2D eigenvalue weighted by molar-refractivity contribution is 0.0527. The molecule has 1 amide bonds. The minimum absolute atomic E-state index is 0.0445. The van der Waals surface area contributed by atoms with Gasteiger partial charge in [0.05, 0.1) is 0 Å². The number of thiophene rings is 1. The third-order valence-electron chi connectivity index (χ3n) is 2.37. The van der Waals surface area contributed by atoms with Gasteiger partial charge in [0.1, 0.15) is 14.7 Å². The van der Waals surface area contributed by atoms with Crippen LogP contribution in [0.4, 0.5) is 4.79 Å². The summed E-state index contributed by atoms with van der Waals surface area (Å²) in [6.07, 6.45) is -0.194. The number of sulfonamides is 1. The lowest BCUT2D eigenvalue weighted by atomic mass is 10.2. The third kappa shape index (κ3) is 6.97. The van der Waals surface area contributed by atoms with Gasteiger partial charge in [-0.05, 0) is 39.3 Å². The van der Waals surface area contributed by atoms with E-state index in [0.717, 1.165) is 0 Å². The second kappa shape index (κ2) is 7.75. The number of carboxylic acid groups (broad SMARTS) is 1. The van der Waals surface area contributed by atoms with Gasteiger partial charge >= 0.3 is 12.1 Å².